The third kappa shape index (κ3) is 7.43. The van der Waals surface area contributed by atoms with Crippen LogP contribution in [-0.4, -0.2) is 48.3 Å². The van der Waals surface area contributed by atoms with Gasteiger partial charge < -0.3 is 0 Å². The first-order valence-electron chi connectivity index (χ1n) is 13.1. The standard InChI is InChI=1S/C27H46BrN2O3P/c1-7-10-19-34(28,20-11-8-2,21-12-9-3)24-17-18-30(25(24)31)23-15-13-22(14-16-23)29-26(32)33-27(4,5)6/h13-16,24H,7-12,17-21H2,1-6H3,(H,29,32). The van der Waals surface area contributed by atoms with E-state index in [1.807, 2.05) is 49.9 Å². The number of carbonyl (C=O) groups is 2. The number of nitrogens with one attached hydrogen (secondary N) is 1. The molecular formula is C27H46BrN2O3P. The molecule has 0 bridgehead atoms. The van der Waals surface area contributed by atoms with Crippen LogP contribution in [-0.2, 0) is 9.53 Å². The molecule has 1 N–H and O–H groups in total. The third-order valence-electron chi connectivity index (χ3n) is 6.90. The summed E-state index contributed by atoms with van der Waals surface area (Å²) in [6.07, 6.45) is 11.0. The fraction of sp³-hybridized carbons (Fsp3) is 0.704. The molecule has 0 saturated carbocycles. The summed E-state index contributed by atoms with van der Waals surface area (Å²) in [5.41, 5.74) is 1.13. The Labute approximate surface area is 215 Å². The number of ether oxygens (including phenoxy) is 1. The predicted molar refractivity (Wildman–Crippen MR) is 152 cm³/mol. The van der Waals surface area contributed by atoms with Gasteiger partial charge in [-0.25, -0.2) is 0 Å². The van der Waals surface area contributed by atoms with E-state index in [0.29, 0.717) is 5.69 Å². The van der Waals surface area contributed by atoms with Crippen molar-refractivity contribution in [2.75, 3.05) is 35.2 Å². The topological polar surface area (TPSA) is 58.6 Å². The molecule has 1 aliphatic heterocycles. The predicted octanol–water partition coefficient (Wildman–Crippen LogP) is 8.40. The number of nitrogens with zero attached hydrogens (tertiary/aromatic N) is 1. The molecule has 5 nitrogen and oxygen atoms in total. The van der Waals surface area contributed by atoms with Crippen LogP contribution in [0.5, 0.6) is 0 Å². The summed E-state index contributed by atoms with van der Waals surface area (Å²) in [7, 11) is 0. The number of carbonyl (C=O) groups excluding carboxylic acids is 2. The Morgan fingerprint density at radius 2 is 1.53 bits per heavy atom. The molecule has 1 aliphatic rings. The van der Waals surface area contributed by atoms with E-state index in [4.69, 9.17) is 4.74 Å². The number of rotatable bonds is 12. The van der Waals surface area contributed by atoms with E-state index >= 15 is 0 Å². The van der Waals surface area contributed by atoms with Gasteiger partial charge in [0.2, 0.25) is 0 Å². The van der Waals surface area contributed by atoms with Crippen LogP contribution in [0.4, 0.5) is 16.2 Å². The fourth-order valence-electron chi connectivity index (χ4n) is 5.07. The second-order valence-electron chi connectivity index (χ2n) is 10.9. The minimum atomic E-state index is -2.37. The Balaban J connectivity index is 2.23. The van der Waals surface area contributed by atoms with E-state index in [1.54, 1.807) is 0 Å². The van der Waals surface area contributed by atoms with Crippen molar-refractivity contribution >= 4 is 44.2 Å². The van der Waals surface area contributed by atoms with E-state index in [2.05, 4.69) is 41.6 Å². The number of halogens is 1. The van der Waals surface area contributed by atoms with Crippen molar-refractivity contribution in [3.8, 4) is 0 Å². The van der Waals surface area contributed by atoms with Crippen molar-refractivity contribution in [1.29, 1.82) is 0 Å². The molecule has 34 heavy (non-hydrogen) atoms. The molecule has 0 aliphatic carbocycles. The van der Waals surface area contributed by atoms with Gasteiger partial charge in [0, 0.05) is 0 Å². The number of benzene rings is 1. The van der Waals surface area contributed by atoms with Gasteiger partial charge in [-0.1, -0.05) is 0 Å². The first kappa shape index (κ1) is 29.1. The van der Waals surface area contributed by atoms with Crippen molar-refractivity contribution < 1.29 is 14.3 Å². The molecule has 0 aromatic heterocycles. The van der Waals surface area contributed by atoms with Crippen molar-refractivity contribution in [2.24, 2.45) is 0 Å². The van der Waals surface area contributed by atoms with Crippen LogP contribution in [0.15, 0.2) is 24.3 Å². The van der Waals surface area contributed by atoms with Gasteiger partial charge in [-0.15, -0.1) is 0 Å². The summed E-state index contributed by atoms with van der Waals surface area (Å²) in [5.74, 6) is 0.283. The molecule has 0 spiro atoms. The number of hydrogen-bond donors (Lipinski definition) is 1. The average Bonchev–Trinajstić information content (AvgIpc) is 3.17. The van der Waals surface area contributed by atoms with Gasteiger partial charge in [-0.05, 0) is 0 Å². The van der Waals surface area contributed by atoms with Gasteiger partial charge >= 0.3 is 216 Å². The van der Waals surface area contributed by atoms with Crippen molar-refractivity contribution in [2.45, 2.75) is 97.7 Å². The molecular weight excluding hydrogens is 511 g/mol. The van der Waals surface area contributed by atoms with E-state index in [-0.39, 0.29) is 11.6 Å². The molecule has 1 atom stereocenters. The molecule has 1 fully saturated rings. The zero-order valence-electron chi connectivity index (χ0n) is 22.2. The maximum absolute atomic E-state index is 13.9. The Morgan fingerprint density at radius 3 is 1.97 bits per heavy atom. The molecule has 7 heteroatoms. The summed E-state index contributed by atoms with van der Waals surface area (Å²) in [5, 5.41) is 0.397. The van der Waals surface area contributed by atoms with Crippen LogP contribution < -0.4 is 10.2 Å². The number of amides is 2. The molecule has 2 amide bonds. The number of anilines is 2. The average molecular weight is 558 g/mol. The van der Waals surface area contributed by atoms with Crippen molar-refractivity contribution in [3.05, 3.63) is 24.3 Å². The van der Waals surface area contributed by atoms with Crippen LogP contribution in [0.25, 0.3) is 0 Å². The molecule has 194 valence electrons. The molecule has 1 saturated heterocycles. The van der Waals surface area contributed by atoms with Crippen LogP contribution in [0.2, 0.25) is 0 Å². The SMILES string of the molecule is CCCCP(Br)(CCCC)(CCCC)C1CCN(c2ccc(NC(=O)OC(C)(C)C)cc2)C1=O. The molecule has 1 heterocycles. The summed E-state index contributed by atoms with van der Waals surface area (Å²) >= 11 is 4.45. The third-order valence-corrected chi connectivity index (χ3v) is 17.7. The Hall–Kier alpha value is -1.13. The maximum atomic E-state index is 13.9. The minimum absolute atomic E-state index is 0.107. The van der Waals surface area contributed by atoms with Gasteiger partial charge in [0.15, 0.2) is 0 Å². The Kier molecular flexibility index (Phi) is 10.5. The van der Waals surface area contributed by atoms with Gasteiger partial charge in [-0.3, -0.25) is 0 Å². The van der Waals surface area contributed by atoms with Gasteiger partial charge in [0.25, 0.3) is 0 Å². The van der Waals surface area contributed by atoms with Crippen molar-refractivity contribution in [1.82, 2.24) is 0 Å². The fourth-order valence-corrected chi connectivity index (χ4v) is 14.7. The van der Waals surface area contributed by atoms with Gasteiger partial charge in [0.1, 0.15) is 0 Å². The van der Waals surface area contributed by atoms with E-state index < -0.39 is 17.0 Å². The summed E-state index contributed by atoms with van der Waals surface area (Å²) in [6.45, 7) is 13.0. The van der Waals surface area contributed by atoms with Gasteiger partial charge in [-0.2, -0.15) is 0 Å². The van der Waals surface area contributed by atoms with E-state index in [0.717, 1.165) is 18.7 Å². The van der Waals surface area contributed by atoms with Crippen LogP contribution in [0.3, 0.4) is 0 Å². The van der Waals surface area contributed by atoms with E-state index in [9.17, 15) is 9.59 Å². The first-order chi connectivity index (χ1) is 16.0. The molecule has 1 unspecified atom stereocenters. The summed E-state index contributed by atoms with van der Waals surface area (Å²) < 4.78 is 5.33. The second kappa shape index (κ2) is 12.2. The Bertz CT molecular complexity index is 798. The normalized spacial score (nSPS) is 18.0. The van der Waals surface area contributed by atoms with E-state index in [1.165, 1.54) is 57.0 Å². The van der Waals surface area contributed by atoms with Crippen molar-refractivity contribution in [3.63, 3.8) is 0 Å². The summed E-state index contributed by atoms with van der Waals surface area (Å²) in [4.78, 5) is 27.9. The molecule has 0 radical (unpaired) electrons. The Morgan fingerprint density at radius 1 is 1.03 bits per heavy atom. The van der Waals surface area contributed by atoms with Crippen LogP contribution in [0, 0.1) is 0 Å². The van der Waals surface area contributed by atoms with Gasteiger partial charge in [0.05, 0.1) is 0 Å². The number of unbranched alkanes of at least 4 members (excludes halogenated alkanes) is 3. The van der Waals surface area contributed by atoms with Crippen LogP contribution in [0.1, 0.15) is 86.5 Å². The second-order valence-corrected chi connectivity index (χ2v) is 21.9. The first-order valence-corrected chi connectivity index (χ1v) is 18.0. The molecule has 2 rings (SSSR count). The number of hydrogen-bond acceptors (Lipinski definition) is 3. The molecule has 1 aromatic rings. The summed E-state index contributed by atoms with van der Waals surface area (Å²) in [6, 6.07) is 7.55. The monoisotopic (exact) mass is 556 g/mol. The van der Waals surface area contributed by atoms with Crippen LogP contribution >= 0.6 is 20.8 Å². The quantitative estimate of drug-likeness (QED) is 0.263. The molecule has 1 aromatic carbocycles. The zero-order chi connectivity index (χ0) is 25.4. The zero-order valence-corrected chi connectivity index (χ0v) is 24.6.